The van der Waals surface area contributed by atoms with Gasteiger partial charge in [0.25, 0.3) is 0 Å². The molecule has 0 aliphatic heterocycles. The molecule has 0 bridgehead atoms. The van der Waals surface area contributed by atoms with Gasteiger partial charge >= 0.3 is 0 Å². The van der Waals surface area contributed by atoms with Crippen LogP contribution in [0.25, 0.3) is 0 Å². The highest BCUT2D eigenvalue weighted by Crippen LogP contribution is 1.88. The minimum Gasteiger partial charge on any atom is -0.230 e. The molecule has 0 heterocycles. The Morgan fingerprint density at radius 3 is 1.25 bits per heavy atom. The molecule has 0 unspecified atom stereocenters. The number of hydrogen-bond acceptors (Lipinski definition) is 1. The maximum absolute atomic E-state index is 3.88. The van der Waals surface area contributed by atoms with Gasteiger partial charge in [-0.05, 0) is 0 Å². The van der Waals surface area contributed by atoms with Crippen LogP contribution < -0.4 is 0 Å². The fourth-order valence-electron chi connectivity index (χ4n) is 0. The van der Waals surface area contributed by atoms with Crippen molar-refractivity contribution >= 4 is 46.0 Å². The molecule has 1 nitrogen and oxygen atoms in total. The zero-order chi connectivity index (χ0) is 2.71. The number of hydrogen-bond donors (Lipinski definition) is 0. The van der Waals surface area contributed by atoms with Gasteiger partial charge < -0.3 is 0 Å². The second-order valence-electron chi connectivity index (χ2n) is 0.0583. The van der Waals surface area contributed by atoms with E-state index in [9.17, 15) is 0 Å². The summed E-state index contributed by atoms with van der Waals surface area (Å²) in [6.45, 7) is 0. The fraction of sp³-hybridized carbons (Fsp3) is 0. The summed E-state index contributed by atoms with van der Waals surface area (Å²) in [5, 5.41) is 0. The van der Waals surface area contributed by atoms with Crippen molar-refractivity contribution in [3.8, 4) is 0 Å². The lowest BCUT2D eigenvalue weighted by Crippen LogP contribution is -1.10. The Morgan fingerprint density at radius 1 is 1.25 bits per heavy atom. The van der Waals surface area contributed by atoms with Gasteiger partial charge in [0.15, 0.2) is 0 Å². The van der Waals surface area contributed by atoms with Crippen LogP contribution in [0.3, 0.4) is 0 Å². The van der Waals surface area contributed by atoms with Gasteiger partial charge in [-0.1, -0.05) is 0 Å². The second-order valence-corrected chi connectivity index (χ2v) is 1.57. The lowest BCUT2D eigenvalue weighted by atomic mass is 16.0. The van der Waals surface area contributed by atoms with Crippen molar-refractivity contribution in [2.45, 2.75) is 0 Å². The monoisotopic (exact) mass is 208 g/mol. The van der Waals surface area contributed by atoms with Crippen molar-refractivity contribution in [2.75, 3.05) is 0 Å². The van der Waals surface area contributed by atoms with Crippen LogP contribution in [0.15, 0.2) is 0 Å². The Morgan fingerprint density at radius 2 is 1.25 bits per heavy atom. The standard InChI is InChI=1S/Br2O.H2S/c1-3-2;/h;1H2. The van der Waals surface area contributed by atoms with E-state index in [1.807, 2.05) is 0 Å². The molecule has 0 aliphatic rings. The summed E-state index contributed by atoms with van der Waals surface area (Å²) in [7, 11) is 0. The van der Waals surface area contributed by atoms with Gasteiger partial charge in [-0.15, -0.1) is 0 Å². The van der Waals surface area contributed by atoms with Crippen LogP contribution in [-0.2, 0) is 2.92 Å². The van der Waals surface area contributed by atoms with Crippen LogP contribution in [0.2, 0.25) is 0 Å². The predicted octanol–water partition coefficient (Wildman–Crippen LogP) is 1.74. The third-order valence-electron chi connectivity index (χ3n) is 0. The summed E-state index contributed by atoms with van der Waals surface area (Å²) in [6.07, 6.45) is 0. The van der Waals surface area contributed by atoms with Gasteiger partial charge in [-0.2, -0.15) is 13.5 Å². The van der Waals surface area contributed by atoms with E-state index in [1.165, 1.54) is 0 Å². The van der Waals surface area contributed by atoms with E-state index in [-0.39, 0.29) is 13.5 Å². The molecule has 28 valence electrons. The third kappa shape index (κ3) is 10.4. The first-order valence-corrected chi connectivity index (χ1v) is 1.60. The summed E-state index contributed by atoms with van der Waals surface area (Å²) in [6, 6.07) is 0. The topological polar surface area (TPSA) is 9.23 Å². The SMILES string of the molecule is BrOBr.S. The molecule has 0 aromatic heterocycles. The number of rotatable bonds is 0. The van der Waals surface area contributed by atoms with Crippen LogP contribution in [0.5, 0.6) is 0 Å². The average molecular weight is 210 g/mol. The highest BCUT2D eigenvalue weighted by Gasteiger charge is 1.37. The molecular formula is H2Br2OS. The molecule has 0 aliphatic carbocycles. The van der Waals surface area contributed by atoms with Crippen molar-refractivity contribution in [3.63, 3.8) is 0 Å². The molecule has 0 saturated carbocycles. The molecule has 0 aromatic rings. The predicted molar refractivity (Wildman–Crippen MR) is 29.3 cm³/mol. The summed E-state index contributed by atoms with van der Waals surface area (Å²) in [4.78, 5) is 0. The Kier molecular flexibility index (Phi) is 19.9. The van der Waals surface area contributed by atoms with Gasteiger partial charge in [0, 0.05) is 0 Å². The molecule has 0 aromatic carbocycles. The molecule has 0 fully saturated rings. The molecule has 4 heavy (non-hydrogen) atoms. The van der Waals surface area contributed by atoms with Gasteiger partial charge in [0.2, 0.25) is 0 Å². The van der Waals surface area contributed by atoms with Gasteiger partial charge in [-0.3, -0.25) is 0 Å². The molecule has 0 radical (unpaired) electrons. The van der Waals surface area contributed by atoms with E-state index in [0.29, 0.717) is 0 Å². The highest BCUT2D eigenvalue weighted by molar-refractivity contribution is 9.18. The molecule has 0 rings (SSSR count). The Balaban J connectivity index is 0. The zero-order valence-corrected chi connectivity index (χ0v) is 5.84. The smallest absolute Gasteiger partial charge is 0.115 e. The second kappa shape index (κ2) is 8.86. The highest BCUT2D eigenvalue weighted by atomic mass is 79.9. The van der Waals surface area contributed by atoms with Gasteiger partial charge in [0.05, 0.1) is 0 Å². The summed E-state index contributed by atoms with van der Waals surface area (Å²) >= 11 is 5.12. The van der Waals surface area contributed by atoms with Crippen molar-refractivity contribution < 1.29 is 2.92 Å². The maximum Gasteiger partial charge on any atom is 0.115 e. The van der Waals surface area contributed by atoms with Crippen LogP contribution in [-0.4, -0.2) is 0 Å². The molecule has 0 amide bonds. The summed E-state index contributed by atoms with van der Waals surface area (Å²) in [5.74, 6) is 0. The molecule has 0 atom stereocenters. The van der Waals surface area contributed by atoms with Crippen LogP contribution in [0, 0.1) is 0 Å². The lowest BCUT2D eigenvalue weighted by Gasteiger charge is -1.48. The van der Waals surface area contributed by atoms with Crippen molar-refractivity contribution in [1.82, 2.24) is 0 Å². The van der Waals surface area contributed by atoms with Crippen molar-refractivity contribution in [1.29, 1.82) is 0 Å². The maximum atomic E-state index is 3.88. The molecular weight excluding hydrogens is 208 g/mol. The third-order valence-corrected chi connectivity index (χ3v) is 0. The lowest BCUT2D eigenvalue weighted by molar-refractivity contribution is 0.838. The Labute approximate surface area is 49.1 Å². The van der Waals surface area contributed by atoms with Crippen LogP contribution >= 0.6 is 46.0 Å². The summed E-state index contributed by atoms with van der Waals surface area (Å²) in [5.41, 5.74) is 0. The van der Waals surface area contributed by atoms with E-state index in [0.717, 1.165) is 0 Å². The molecule has 0 saturated heterocycles. The fourth-order valence-corrected chi connectivity index (χ4v) is 0. The average Bonchev–Trinajstić information content (AvgIpc) is 0.918. The minimum atomic E-state index is 0. The van der Waals surface area contributed by atoms with Crippen molar-refractivity contribution in [3.05, 3.63) is 0 Å². The first-order valence-electron chi connectivity index (χ1n) is 0.309. The molecule has 0 spiro atoms. The zero-order valence-electron chi connectivity index (χ0n) is 1.66. The molecule has 4 heteroatoms. The first kappa shape index (κ1) is 8.99. The van der Waals surface area contributed by atoms with Crippen molar-refractivity contribution in [2.24, 2.45) is 0 Å². The normalized spacial score (nSPS) is 4.50. The van der Waals surface area contributed by atoms with E-state index >= 15 is 0 Å². The quantitative estimate of drug-likeness (QED) is 0.591. The largest absolute Gasteiger partial charge is 0.230 e. The van der Waals surface area contributed by atoms with E-state index in [2.05, 4.69) is 35.4 Å². The number of halogens is 2. The summed E-state index contributed by atoms with van der Waals surface area (Å²) < 4.78 is 3.88. The van der Waals surface area contributed by atoms with Crippen LogP contribution in [0.4, 0.5) is 0 Å². The Bertz CT molecular complexity index is 6.00. The van der Waals surface area contributed by atoms with Gasteiger partial charge in [-0.25, -0.2) is 2.92 Å². The van der Waals surface area contributed by atoms with Crippen LogP contribution in [0.1, 0.15) is 0 Å². The van der Waals surface area contributed by atoms with E-state index in [4.69, 9.17) is 0 Å². The van der Waals surface area contributed by atoms with E-state index in [1.54, 1.807) is 0 Å². The molecule has 0 N–H and O–H groups in total. The minimum absolute atomic E-state index is 0. The van der Waals surface area contributed by atoms with Gasteiger partial charge in [0.1, 0.15) is 32.5 Å². The van der Waals surface area contributed by atoms with E-state index < -0.39 is 0 Å². The Hall–Kier alpha value is 1.27. The first-order chi connectivity index (χ1) is 1.41.